The second kappa shape index (κ2) is 8.26. The minimum atomic E-state index is -3.49. The zero-order chi connectivity index (χ0) is 16.0. The van der Waals surface area contributed by atoms with Gasteiger partial charge < -0.3 is 10.1 Å². The molecule has 0 aromatic heterocycles. The first-order valence-corrected chi connectivity index (χ1v) is 9.65. The first-order chi connectivity index (χ1) is 10.5. The summed E-state index contributed by atoms with van der Waals surface area (Å²) in [5, 5.41) is 3.27. The van der Waals surface area contributed by atoms with Crippen molar-refractivity contribution in [2.75, 3.05) is 45.9 Å². The van der Waals surface area contributed by atoms with Gasteiger partial charge in [0.1, 0.15) is 5.75 Å². The van der Waals surface area contributed by atoms with Crippen molar-refractivity contribution in [2.24, 2.45) is 0 Å². The minimum absolute atomic E-state index is 0.239. The van der Waals surface area contributed by atoms with Gasteiger partial charge in [-0.25, -0.2) is 13.1 Å². The third kappa shape index (κ3) is 4.92. The minimum Gasteiger partial charge on any atom is -0.493 e. The number of benzene rings is 1. The van der Waals surface area contributed by atoms with E-state index in [1.165, 1.54) is 0 Å². The summed E-state index contributed by atoms with van der Waals surface area (Å²) in [5.74, 6) is 0.641. The van der Waals surface area contributed by atoms with Gasteiger partial charge in [-0.1, -0.05) is 0 Å². The Morgan fingerprint density at radius 1 is 1.36 bits per heavy atom. The molecule has 8 heteroatoms. The molecule has 0 aliphatic carbocycles. The van der Waals surface area contributed by atoms with Crippen LogP contribution in [0.3, 0.4) is 0 Å². The summed E-state index contributed by atoms with van der Waals surface area (Å²) >= 11 is 3.34. The van der Waals surface area contributed by atoms with Crippen LogP contribution in [0.4, 0.5) is 0 Å². The molecule has 1 heterocycles. The predicted molar refractivity (Wildman–Crippen MR) is 89.8 cm³/mol. The van der Waals surface area contributed by atoms with Gasteiger partial charge in [0.15, 0.2) is 0 Å². The standard InChI is InChI=1S/C14H22BrN3O3S/c1-2-21-14-4-3-12(11-13(14)15)22(19,20)17-7-10-18-8-5-16-6-9-18/h3-4,11,16-17H,2,5-10H2,1H3. The van der Waals surface area contributed by atoms with E-state index in [9.17, 15) is 8.42 Å². The molecule has 0 spiro atoms. The van der Waals surface area contributed by atoms with E-state index in [0.717, 1.165) is 32.7 Å². The molecule has 0 saturated carbocycles. The SMILES string of the molecule is CCOc1ccc(S(=O)(=O)NCCN2CCNCC2)cc1Br. The average molecular weight is 392 g/mol. The lowest BCUT2D eigenvalue weighted by atomic mass is 10.3. The summed E-state index contributed by atoms with van der Waals surface area (Å²) in [6.07, 6.45) is 0. The van der Waals surface area contributed by atoms with Gasteiger partial charge in [0.2, 0.25) is 10.0 Å². The normalized spacial score (nSPS) is 16.6. The lowest BCUT2D eigenvalue weighted by molar-refractivity contribution is 0.245. The highest BCUT2D eigenvalue weighted by molar-refractivity contribution is 9.10. The number of rotatable bonds is 7. The molecule has 1 fully saturated rings. The van der Waals surface area contributed by atoms with Crippen molar-refractivity contribution >= 4 is 26.0 Å². The highest BCUT2D eigenvalue weighted by Crippen LogP contribution is 2.27. The Balaban J connectivity index is 1.93. The van der Waals surface area contributed by atoms with Crippen LogP contribution in [-0.2, 0) is 10.0 Å². The van der Waals surface area contributed by atoms with E-state index in [4.69, 9.17) is 4.74 Å². The van der Waals surface area contributed by atoms with Crippen LogP contribution < -0.4 is 14.8 Å². The quantitative estimate of drug-likeness (QED) is 0.726. The molecule has 22 heavy (non-hydrogen) atoms. The van der Waals surface area contributed by atoms with Crippen LogP contribution in [0.5, 0.6) is 5.75 Å². The van der Waals surface area contributed by atoms with Gasteiger partial charge in [-0.2, -0.15) is 0 Å². The number of nitrogens with zero attached hydrogens (tertiary/aromatic N) is 1. The van der Waals surface area contributed by atoms with Crippen LogP contribution in [0.25, 0.3) is 0 Å². The summed E-state index contributed by atoms with van der Waals surface area (Å²) in [6, 6.07) is 4.79. The summed E-state index contributed by atoms with van der Waals surface area (Å²) < 4.78 is 33.3. The van der Waals surface area contributed by atoms with E-state index in [2.05, 4.69) is 30.9 Å². The second-order valence-electron chi connectivity index (χ2n) is 5.01. The Bertz CT molecular complexity index is 589. The Morgan fingerprint density at radius 3 is 2.73 bits per heavy atom. The molecular formula is C14H22BrN3O3S. The van der Waals surface area contributed by atoms with Crippen LogP contribution in [0.2, 0.25) is 0 Å². The maximum Gasteiger partial charge on any atom is 0.240 e. The fourth-order valence-electron chi connectivity index (χ4n) is 2.28. The van der Waals surface area contributed by atoms with Gasteiger partial charge >= 0.3 is 0 Å². The third-order valence-corrected chi connectivity index (χ3v) is 5.52. The van der Waals surface area contributed by atoms with Crippen molar-refractivity contribution in [3.05, 3.63) is 22.7 Å². The molecule has 0 amide bonds. The van der Waals surface area contributed by atoms with E-state index in [1.807, 2.05) is 6.92 Å². The lowest BCUT2D eigenvalue weighted by Crippen LogP contribution is -2.46. The van der Waals surface area contributed by atoms with Crippen LogP contribution >= 0.6 is 15.9 Å². The number of ether oxygens (including phenoxy) is 1. The van der Waals surface area contributed by atoms with Crippen molar-refractivity contribution < 1.29 is 13.2 Å². The number of piperazine rings is 1. The molecule has 6 nitrogen and oxygen atoms in total. The smallest absolute Gasteiger partial charge is 0.240 e. The summed E-state index contributed by atoms with van der Waals surface area (Å²) in [4.78, 5) is 2.48. The Kier molecular flexibility index (Phi) is 6.64. The van der Waals surface area contributed by atoms with Gasteiger partial charge in [-0.15, -0.1) is 0 Å². The summed E-state index contributed by atoms with van der Waals surface area (Å²) in [6.45, 7) is 7.37. The summed E-state index contributed by atoms with van der Waals surface area (Å²) in [5.41, 5.74) is 0. The fraction of sp³-hybridized carbons (Fsp3) is 0.571. The molecule has 0 radical (unpaired) electrons. The van der Waals surface area contributed by atoms with Crippen molar-refractivity contribution in [2.45, 2.75) is 11.8 Å². The van der Waals surface area contributed by atoms with Crippen LogP contribution in [0.1, 0.15) is 6.92 Å². The molecule has 0 atom stereocenters. The summed E-state index contributed by atoms with van der Waals surface area (Å²) in [7, 11) is -3.49. The van der Waals surface area contributed by atoms with Crippen LogP contribution in [0, 0.1) is 0 Å². The van der Waals surface area contributed by atoms with Crippen molar-refractivity contribution in [3.63, 3.8) is 0 Å². The average Bonchev–Trinajstić information content (AvgIpc) is 2.50. The lowest BCUT2D eigenvalue weighted by Gasteiger charge is -2.27. The molecular weight excluding hydrogens is 370 g/mol. The Labute approximate surface area is 140 Å². The molecule has 0 unspecified atom stereocenters. The zero-order valence-corrected chi connectivity index (χ0v) is 15.0. The number of nitrogens with one attached hydrogen (secondary N) is 2. The Morgan fingerprint density at radius 2 is 2.09 bits per heavy atom. The largest absolute Gasteiger partial charge is 0.493 e. The number of sulfonamides is 1. The molecule has 2 N–H and O–H groups in total. The molecule has 0 bridgehead atoms. The van der Waals surface area contributed by atoms with Gasteiger partial charge in [0, 0.05) is 39.3 Å². The van der Waals surface area contributed by atoms with Crippen molar-refractivity contribution in [3.8, 4) is 5.75 Å². The molecule has 124 valence electrons. The van der Waals surface area contributed by atoms with Crippen molar-refractivity contribution in [1.29, 1.82) is 0 Å². The van der Waals surface area contributed by atoms with Crippen LogP contribution in [0.15, 0.2) is 27.6 Å². The van der Waals surface area contributed by atoms with E-state index in [1.54, 1.807) is 18.2 Å². The molecule has 1 aromatic carbocycles. The highest BCUT2D eigenvalue weighted by atomic mass is 79.9. The molecule has 1 aliphatic heterocycles. The first-order valence-electron chi connectivity index (χ1n) is 7.38. The number of halogens is 1. The third-order valence-electron chi connectivity index (χ3n) is 3.44. The van der Waals surface area contributed by atoms with Gasteiger partial charge in [0.25, 0.3) is 0 Å². The van der Waals surface area contributed by atoms with Gasteiger partial charge in [-0.05, 0) is 41.1 Å². The van der Waals surface area contributed by atoms with Crippen LogP contribution in [-0.4, -0.2) is 59.2 Å². The maximum absolute atomic E-state index is 12.3. The Hall–Kier alpha value is -0.670. The first kappa shape index (κ1) is 17.7. The van der Waals surface area contributed by atoms with E-state index < -0.39 is 10.0 Å². The van der Waals surface area contributed by atoms with Crippen molar-refractivity contribution in [1.82, 2.24) is 14.9 Å². The van der Waals surface area contributed by atoms with E-state index in [-0.39, 0.29) is 4.90 Å². The van der Waals surface area contributed by atoms with E-state index >= 15 is 0 Å². The molecule has 2 rings (SSSR count). The highest BCUT2D eigenvalue weighted by Gasteiger charge is 2.16. The number of hydrogen-bond donors (Lipinski definition) is 2. The number of hydrogen-bond acceptors (Lipinski definition) is 5. The van der Waals surface area contributed by atoms with E-state index in [0.29, 0.717) is 23.4 Å². The molecule has 1 aromatic rings. The second-order valence-corrected chi connectivity index (χ2v) is 7.64. The maximum atomic E-state index is 12.3. The monoisotopic (exact) mass is 391 g/mol. The predicted octanol–water partition coefficient (Wildman–Crippen LogP) is 1.03. The zero-order valence-electron chi connectivity index (χ0n) is 12.6. The molecule has 1 aliphatic rings. The topological polar surface area (TPSA) is 70.7 Å². The van der Waals surface area contributed by atoms with Gasteiger partial charge in [0.05, 0.1) is 16.0 Å². The van der Waals surface area contributed by atoms with Gasteiger partial charge in [-0.3, -0.25) is 4.90 Å². The molecule has 1 saturated heterocycles. The fourth-order valence-corrected chi connectivity index (χ4v) is 3.97.